The van der Waals surface area contributed by atoms with Crippen molar-refractivity contribution in [2.75, 3.05) is 0 Å². The van der Waals surface area contributed by atoms with Gasteiger partial charge in [0.1, 0.15) is 10.1 Å². The van der Waals surface area contributed by atoms with Gasteiger partial charge in [-0.05, 0) is 18.9 Å². The normalized spacial score (nSPS) is 12.7. The summed E-state index contributed by atoms with van der Waals surface area (Å²) in [6.07, 6.45) is 1.34. The molecule has 2 rings (SSSR count). The molecular formula is C12H14N2O3S2. The second-order valence-corrected chi connectivity index (χ2v) is 6.32. The first kappa shape index (κ1) is 14.1. The summed E-state index contributed by atoms with van der Waals surface area (Å²) >= 11 is 2.56. The van der Waals surface area contributed by atoms with Crippen LogP contribution in [0.4, 0.5) is 0 Å². The Labute approximate surface area is 118 Å². The molecular weight excluding hydrogens is 284 g/mol. The van der Waals surface area contributed by atoms with Crippen LogP contribution in [-0.2, 0) is 11.2 Å². The monoisotopic (exact) mass is 298 g/mol. The molecule has 0 aliphatic rings. The Bertz CT molecular complexity index is 663. The molecule has 5 nitrogen and oxygen atoms in total. The number of thioether (sulfide) groups is 1. The summed E-state index contributed by atoms with van der Waals surface area (Å²) in [6, 6.07) is 1.84. The minimum Gasteiger partial charge on any atom is -0.480 e. The highest BCUT2D eigenvalue weighted by Gasteiger charge is 2.18. The highest BCUT2D eigenvalue weighted by molar-refractivity contribution is 8.00. The Hall–Kier alpha value is -1.34. The van der Waals surface area contributed by atoms with E-state index in [2.05, 4.69) is 9.97 Å². The van der Waals surface area contributed by atoms with Gasteiger partial charge in [0.05, 0.1) is 5.39 Å². The lowest BCUT2D eigenvalue weighted by Gasteiger charge is -2.07. The second-order valence-electron chi connectivity index (χ2n) is 4.01. The zero-order valence-electron chi connectivity index (χ0n) is 10.6. The van der Waals surface area contributed by atoms with Gasteiger partial charge in [-0.25, -0.2) is 4.98 Å². The van der Waals surface area contributed by atoms with E-state index in [1.807, 2.05) is 13.0 Å². The van der Waals surface area contributed by atoms with Gasteiger partial charge in [-0.15, -0.1) is 11.3 Å². The molecule has 0 saturated carbocycles. The Morgan fingerprint density at radius 3 is 2.89 bits per heavy atom. The number of aromatic nitrogens is 2. The molecule has 0 bridgehead atoms. The highest BCUT2D eigenvalue weighted by Crippen LogP contribution is 2.26. The molecule has 0 spiro atoms. The largest absolute Gasteiger partial charge is 0.480 e. The molecule has 0 aliphatic heterocycles. The lowest BCUT2D eigenvalue weighted by Crippen LogP contribution is -2.17. The van der Waals surface area contributed by atoms with Gasteiger partial charge in [-0.2, -0.15) is 0 Å². The molecule has 2 N–H and O–H groups in total. The first-order valence-electron chi connectivity index (χ1n) is 5.97. The molecule has 19 heavy (non-hydrogen) atoms. The molecule has 2 aromatic heterocycles. The number of aryl methyl sites for hydroxylation is 1. The lowest BCUT2D eigenvalue weighted by atomic mass is 10.3. The second kappa shape index (κ2) is 5.75. The topological polar surface area (TPSA) is 83.0 Å². The quantitative estimate of drug-likeness (QED) is 0.654. The van der Waals surface area contributed by atoms with Crippen LogP contribution in [-0.4, -0.2) is 26.3 Å². The standard InChI is InChI=1S/C12H14N2O3S2/c1-3-6-5-7-9(15)13-12(14-10(7)18-6)19-8(4-2)11(16)17/h5,8H,3-4H2,1-2H3,(H,16,17)(H,13,14,15). The summed E-state index contributed by atoms with van der Waals surface area (Å²) in [7, 11) is 0. The van der Waals surface area contributed by atoms with Gasteiger partial charge < -0.3 is 10.1 Å². The number of carboxylic acids is 1. The summed E-state index contributed by atoms with van der Waals surface area (Å²) in [6.45, 7) is 3.81. The number of nitrogens with one attached hydrogen (secondary N) is 1. The summed E-state index contributed by atoms with van der Waals surface area (Å²) in [4.78, 5) is 31.7. The maximum Gasteiger partial charge on any atom is 0.317 e. The van der Waals surface area contributed by atoms with E-state index < -0.39 is 11.2 Å². The third kappa shape index (κ3) is 2.98. The number of hydrogen-bond acceptors (Lipinski definition) is 5. The maximum absolute atomic E-state index is 11.9. The van der Waals surface area contributed by atoms with E-state index in [0.29, 0.717) is 21.8 Å². The molecule has 0 aromatic carbocycles. The van der Waals surface area contributed by atoms with Crippen molar-refractivity contribution in [2.45, 2.75) is 37.1 Å². The number of carbonyl (C=O) groups is 1. The minimum absolute atomic E-state index is 0.205. The number of hydrogen-bond donors (Lipinski definition) is 2. The molecule has 0 aliphatic carbocycles. The van der Waals surface area contributed by atoms with E-state index in [1.165, 1.54) is 11.3 Å². The average molecular weight is 298 g/mol. The van der Waals surface area contributed by atoms with Crippen LogP contribution >= 0.6 is 23.1 Å². The van der Waals surface area contributed by atoms with Crippen LogP contribution in [0.1, 0.15) is 25.1 Å². The smallest absolute Gasteiger partial charge is 0.317 e. The van der Waals surface area contributed by atoms with Crippen molar-refractivity contribution in [3.63, 3.8) is 0 Å². The van der Waals surface area contributed by atoms with Crippen molar-refractivity contribution in [3.05, 3.63) is 21.3 Å². The molecule has 1 atom stereocenters. The Morgan fingerprint density at radius 1 is 1.58 bits per heavy atom. The average Bonchev–Trinajstić information content (AvgIpc) is 2.79. The Balaban J connectivity index is 2.40. The van der Waals surface area contributed by atoms with Crippen LogP contribution in [0, 0.1) is 0 Å². The van der Waals surface area contributed by atoms with Crippen LogP contribution in [0.2, 0.25) is 0 Å². The van der Waals surface area contributed by atoms with Crippen LogP contribution in [0.5, 0.6) is 0 Å². The molecule has 102 valence electrons. The molecule has 0 fully saturated rings. The number of aromatic amines is 1. The fourth-order valence-electron chi connectivity index (χ4n) is 1.63. The fraction of sp³-hybridized carbons (Fsp3) is 0.417. The zero-order chi connectivity index (χ0) is 14.0. The van der Waals surface area contributed by atoms with E-state index in [-0.39, 0.29) is 5.56 Å². The van der Waals surface area contributed by atoms with Gasteiger partial charge in [0.2, 0.25) is 0 Å². The van der Waals surface area contributed by atoms with Gasteiger partial charge in [0.25, 0.3) is 5.56 Å². The van der Waals surface area contributed by atoms with Crippen molar-refractivity contribution >= 4 is 39.3 Å². The SMILES string of the molecule is CCc1cc2c(=O)[nH]c(SC(CC)C(=O)O)nc2s1. The number of nitrogens with zero attached hydrogens (tertiary/aromatic N) is 1. The molecule has 2 heterocycles. The lowest BCUT2D eigenvalue weighted by molar-refractivity contribution is -0.136. The van der Waals surface area contributed by atoms with Gasteiger partial charge in [-0.1, -0.05) is 25.6 Å². The Morgan fingerprint density at radius 2 is 2.32 bits per heavy atom. The van der Waals surface area contributed by atoms with Gasteiger partial charge >= 0.3 is 5.97 Å². The van der Waals surface area contributed by atoms with Crippen LogP contribution in [0.25, 0.3) is 10.2 Å². The van der Waals surface area contributed by atoms with E-state index >= 15 is 0 Å². The molecule has 0 saturated heterocycles. The summed E-state index contributed by atoms with van der Waals surface area (Å²) < 4.78 is 0. The van der Waals surface area contributed by atoms with E-state index in [9.17, 15) is 9.59 Å². The van der Waals surface area contributed by atoms with Crippen molar-refractivity contribution in [1.82, 2.24) is 9.97 Å². The first-order valence-corrected chi connectivity index (χ1v) is 7.67. The van der Waals surface area contributed by atoms with Crippen molar-refractivity contribution in [2.24, 2.45) is 0 Å². The van der Waals surface area contributed by atoms with Gasteiger partial charge in [0, 0.05) is 4.88 Å². The molecule has 0 radical (unpaired) electrons. The van der Waals surface area contributed by atoms with E-state index in [4.69, 9.17) is 5.11 Å². The number of H-pyrrole nitrogens is 1. The van der Waals surface area contributed by atoms with Crippen LogP contribution in [0.3, 0.4) is 0 Å². The molecule has 0 amide bonds. The summed E-state index contributed by atoms with van der Waals surface area (Å²) in [5, 5.41) is 9.38. The van der Waals surface area contributed by atoms with Gasteiger partial charge in [-0.3, -0.25) is 9.59 Å². The van der Waals surface area contributed by atoms with Crippen LogP contribution < -0.4 is 5.56 Å². The molecule has 7 heteroatoms. The number of rotatable bonds is 5. The summed E-state index contributed by atoms with van der Waals surface area (Å²) in [5.41, 5.74) is -0.205. The molecule has 2 aromatic rings. The van der Waals surface area contributed by atoms with Gasteiger partial charge in [0.15, 0.2) is 5.16 Å². The van der Waals surface area contributed by atoms with Crippen LogP contribution in [0.15, 0.2) is 16.0 Å². The minimum atomic E-state index is -0.893. The first-order chi connectivity index (χ1) is 9.05. The Kier molecular flexibility index (Phi) is 4.26. The number of fused-ring (bicyclic) bond motifs is 1. The van der Waals surface area contributed by atoms with E-state index in [0.717, 1.165) is 23.1 Å². The number of aliphatic carboxylic acids is 1. The van der Waals surface area contributed by atoms with Crippen molar-refractivity contribution < 1.29 is 9.90 Å². The predicted octanol–water partition coefficient (Wildman–Crippen LogP) is 2.50. The van der Waals surface area contributed by atoms with Crippen molar-refractivity contribution in [1.29, 1.82) is 0 Å². The third-order valence-corrected chi connectivity index (χ3v) is 5.09. The number of thiophene rings is 1. The fourth-order valence-corrected chi connectivity index (χ4v) is 3.49. The third-order valence-electron chi connectivity index (χ3n) is 2.68. The number of carboxylic acid groups (broad SMARTS) is 1. The molecule has 1 unspecified atom stereocenters. The zero-order valence-corrected chi connectivity index (χ0v) is 12.2. The predicted molar refractivity (Wildman–Crippen MR) is 77.2 cm³/mol. The van der Waals surface area contributed by atoms with E-state index in [1.54, 1.807) is 6.92 Å². The van der Waals surface area contributed by atoms with Crippen molar-refractivity contribution in [3.8, 4) is 0 Å². The maximum atomic E-state index is 11.9. The highest BCUT2D eigenvalue weighted by atomic mass is 32.2. The summed E-state index contributed by atoms with van der Waals surface area (Å²) in [5.74, 6) is -0.893.